The van der Waals surface area contributed by atoms with Crippen LogP contribution in [0.15, 0.2) is 24.3 Å². The van der Waals surface area contributed by atoms with Crippen molar-refractivity contribution >= 4 is 23.4 Å². The van der Waals surface area contributed by atoms with Gasteiger partial charge < -0.3 is 20.5 Å². The molecule has 0 spiro atoms. The Hall–Kier alpha value is -1.96. The quantitative estimate of drug-likeness (QED) is 0.699. The number of ether oxygens (including phenoxy) is 1. The van der Waals surface area contributed by atoms with E-state index in [1.807, 2.05) is 6.07 Å². The van der Waals surface area contributed by atoms with Gasteiger partial charge in [-0.15, -0.1) is 0 Å². The summed E-state index contributed by atoms with van der Waals surface area (Å²) in [4.78, 5) is 8.91. The van der Waals surface area contributed by atoms with E-state index in [9.17, 15) is 4.39 Å². The van der Waals surface area contributed by atoms with Crippen molar-refractivity contribution in [3.05, 3.63) is 46.4 Å². The van der Waals surface area contributed by atoms with E-state index in [2.05, 4.69) is 20.6 Å². The van der Waals surface area contributed by atoms with Crippen LogP contribution < -0.4 is 10.6 Å². The highest BCUT2D eigenvalue weighted by Crippen LogP contribution is 2.26. The first-order valence-electron chi connectivity index (χ1n) is 8.15. The Morgan fingerprint density at radius 1 is 1.28 bits per heavy atom. The summed E-state index contributed by atoms with van der Waals surface area (Å²) in [5.41, 5.74) is 1.66. The lowest BCUT2D eigenvalue weighted by molar-refractivity contribution is 0.193. The summed E-state index contributed by atoms with van der Waals surface area (Å²) >= 11 is 6.06. The lowest BCUT2D eigenvalue weighted by Crippen LogP contribution is -2.13. The van der Waals surface area contributed by atoms with E-state index in [0.29, 0.717) is 36.5 Å². The number of hydrogen-bond donors (Lipinski definition) is 3. The Labute approximate surface area is 150 Å². The molecule has 1 fully saturated rings. The first-order valence-corrected chi connectivity index (χ1v) is 8.53. The molecule has 2 aromatic rings. The summed E-state index contributed by atoms with van der Waals surface area (Å²) in [7, 11) is 0. The molecule has 1 aliphatic rings. The molecule has 134 valence electrons. The van der Waals surface area contributed by atoms with Crippen LogP contribution in [0.3, 0.4) is 0 Å². The number of benzene rings is 1. The number of hydrogen-bond acceptors (Lipinski definition) is 6. The largest absolute Gasteiger partial charge is 0.395 e. The highest BCUT2D eigenvalue weighted by molar-refractivity contribution is 6.31. The zero-order chi connectivity index (χ0) is 17.6. The van der Waals surface area contributed by atoms with Crippen LogP contribution in [0.1, 0.15) is 23.6 Å². The molecule has 0 amide bonds. The summed E-state index contributed by atoms with van der Waals surface area (Å²) in [5.74, 6) is 0.950. The molecule has 1 aromatic carbocycles. The van der Waals surface area contributed by atoms with Gasteiger partial charge in [-0.1, -0.05) is 17.7 Å². The van der Waals surface area contributed by atoms with E-state index in [0.717, 1.165) is 24.3 Å². The SMILES string of the molecule is OCCNc1nc(NCc2ccc(F)cc2Cl)cc([C@H]2CCOC2)n1. The number of halogens is 2. The van der Waals surface area contributed by atoms with Gasteiger partial charge in [-0.3, -0.25) is 0 Å². The molecule has 1 aromatic heterocycles. The molecule has 6 nitrogen and oxygen atoms in total. The standard InChI is InChI=1S/C17H20ClFN4O2/c18-14-7-13(19)2-1-11(14)9-21-16-8-15(12-3-6-25-10-12)22-17(23-16)20-4-5-24/h1-2,7-8,12,24H,3-6,9-10H2,(H2,20,21,22,23)/t12-/m0/s1. The summed E-state index contributed by atoms with van der Waals surface area (Å²) < 4.78 is 18.6. The van der Waals surface area contributed by atoms with E-state index >= 15 is 0 Å². The van der Waals surface area contributed by atoms with Crippen LogP contribution in [0.4, 0.5) is 16.2 Å². The molecule has 1 saturated heterocycles. The van der Waals surface area contributed by atoms with Crippen molar-refractivity contribution in [1.29, 1.82) is 0 Å². The van der Waals surface area contributed by atoms with Crippen molar-refractivity contribution < 1.29 is 14.2 Å². The monoisotopic (exact) mass is 366 g/mol. The van der Waals surface area contributed by atoms with Crippen LogP contribution in [0.5, 0.6) is 0 Å². The molecule has 0 unspecified atom stereocenters. The van der Waals surface area contributed by atoms with Crippen LogP contribution in [-0.4, -0.2) is 41.4 Å². The van der Waals surface area contributed by atoms with Crippen LogP contribution in [0, 0.1) is 5.82 Å². The van der Waals surface area contributed by atoms with Crippen molar-refractivity contribution in [3.8, 4) is 0 Å². The van der Waals surface area contributed by atoms with Gasteiger partial charge in [0.2, 0.25) is 5.95 Å². The Morgan fingerprint density at radius 2 is 2.16 bits per heavy atom. The zero-order valence-electron chi connectivity index (χ0n) is 13.6. The Morgan fingerprint density at radius 3 is 2.88 bits per heavy atom. The molecular formula is C17H20ClFN4O2. The molecule has 3 rings (SSSR count). The van der Waals surface area contributed by atoms with Gasteiger partial charge in [0.25, 0.3) is 0 Å². The van der Waals surface area contributed by atoms with E-state index in [1.54, 1.807) is 6.07 Å². The van der Waals surface area contributed by atoms with Crippen molar-refractivity contribution in [1.82, 2.24) is 9.97 Å². The van der Waals surface area contributed by atoms with Gasteiger partial charge in [0.05, 0.1) is 18.9 Å². The molecular weight excluding hydrogens is 347 g/mol. The summed E-state index contributed by atoms with van der Waals surface area (Å²) in [6.07, 6.45) is 0.916. The van der Waals surface area contributed by atoms with Gasteiger partial charge in [0.1, 0.15) is 11.6 Å². The fraction of sp³-hybridized carbons (Fsp3) is 0.412. The minimum Gasteiger partial charge on any atom is -0.395 e. The van der Waals surface area contributed by atoms with Crippen LogP contribution in [0.2, 0.25) is 5.02 Å². The third-order valence-electron chi connectivity index (χ3n) is 3.96. The molecule has 0 aliphatic carbocycles. The maximum absolute atomic E-state index is 13.1. The minimum atomic E-state index is -0.366. The number of rotatable bonds is 7. The summed E-state index contributed by atoms with van der Waals surface area (Å²) in [6, 6.07) is 6.19. The topological polar surface area (TPSA) is 79.3 Å². The predicted molar refractivity (Wildman–Crippen MR) is 94.5 cm³/mol. The number of nitrogens with one attached hydrogen (secondary N) is 2. The Kier molecular flexibility index (Phi) is 6.01. The second-order valence-electron chi connectivity index (χ2n) is 5.80. The van der Waals surface area contributed by atoms with E-state index in [4.69, 9.17) is 21.4 Å². The second-order valence-corrected chi connectivity index (χ2v) is 6.21. The summed E-state index contributed by atoms with van der Waals surface area (Å²) in [6.45, 7) is 2.14. The first kappa shape index (κ1) is 17.8. The van der Waals surface area contributed by atoms with Crippen LogP contribution >= 0.6 is 11.6 Å². The van der Waals surface area contributed by atoms with Gasteiger partial charge in [-0.05, 0) is 24.1 Å². The molecule has 1 aliphatic heterocycles. The average Bonchev–Trinajstić information content (AvgIpc) is 3.14. The fourth-order valence-electron chi connectivity index (χ4n) is 2.63. The molecule has 0 radical (unpaired) electrons. The predicted octanol–water partition coefficient (Wildman–Crippen LogP) is 2.79. The number of aliphatic hydroxyl groups is 1. The fourth-order valence-corrected chi connectivity index (χ4v) is 2.87. The highest BCUT2D eigenvalue weighted by atomic mass is 35.5. The van der Waals surface area contributed by atoms with Crippen LogP contribution in [-0.2, 0) is 11.3 Å². The van der Waals surface area contributed by atoms with E-state index in [1.165, 1.54) is 12.1 Å². The normalized spacial score (nSPS) is 16.8. The van der Waals surface area contributed by atoms with E-state index < -0.39 is 0 Å². The number of nitrogens with zero attached hydrogens (tertiary/aromatic N) is 2. The molecule has 3 N–H and O–H groups in total. The third kappa shape index (κ3) is 4.78. The average molecular weight is 367 g/mol. The van der Waals surface area contributed by atoms with Gasteiger partial charge in [0.15, 0.2) is 0 Å². The molecule has 25 heavy (non-hydrogen) atoms. The molecule has 1 atom stereocenters. The zero-order valence-corrected chi connectivity index (χ0v) is 14.4. The number of aromatic nitrogens is 2. The molecule has 2 heterocycles. The highest BCUT2D eigenvalue weighted by Gasteiger charge is 2.20. The van der Waals surface area contributed by atoms with Gasteiger partial charge >= 0.3 is 0 Å². The van der Waals surface area contributed by atoms with Crippen molar-refractivity contribution in [2.75, 3.05) is 37.0 Å². The van der Waals surface area contributed by atoms with Crippen molar-refractivity contribution in [2.24, 2.45) is 0 Å². The number of anilines is 2. The molecule has 8 heteroatoms. The van der Waals surface area contributed by atoms with Gasteiger partial charge in [0, 0.05) is 36.7 Å². The molecule has 0 saturated carbocycles. The van der Waals surface area contributed by atoms with Gasteiger partial charge in [-0.25, -0.2) is 9.37 Å². The minimum absolute atomic E-state index is 0.00588. The smallest absolute Gasteiger partial charge is 0.224 e. The lowest BCUT2D eigenvalue weighted by atomic mass is 10.0. The maximum Gasteiger partial charge on any atom is 0.224 e. The second kappa shape index (κ2) is 8.42. The summed E-state index contributed by atoms with van der Waals surface area (Å²) in [5, 5.41) is 15.5. The first-order chi connectivity index (χ1) is 12.2. The van der Waals surface area contributed by atoms with Gasteiger partial charge in [-0.2, -0.15) is 4.98 Å². The van der Waals surface area contributed by atoms with E-state index in [-0.39, 0.29) is 18.3 Å². The van der Waals surface area contributed by atoms with Crippen LogP contribution in [0.25, 0.3) is 0 Å². The lowest BCUT2D eigenvalue weighted by Gasteiger charge is -2.14. The molecule has 0 bridgehead atoms. The number of aliphatic hydroxyl groups excluding tert-OH is 1. The third-order valence-corrected chi connectivity index (χ3v) is 4.32. The maximum atomic E-state index is 13.1. The Bertz CT molecular complexity index is 726. The van der Waals surface area contributed by atoms with Crippen molar-refractivity contribution in [3.63, 3.8) is 0 Å². The van der Waals surface area contributed by atoms with Crippen molar-refractivity contribution in [2.45, 2.75) is 18.9 Å². The Balaban J connectivity index is 1.77.